The first kappa shape index (κ1) is 20.1. The molecule has 10 heteroatoms. The Hall–Kier alpha value is -2.62. The third-order valence-electron chi connectivity index (χ3n) is 4.27. The maximum Gasteiger partial charge on any atom is 0.410 e. The van der Waals surface area contributed by atoms with E-state index in [2.05, 4.69) is 9.97 Å². The standard InChI is InChI=1S/C18H22N4O5S/c1-18(2,3)27-17(23)21-7-6-12(10-21)11-28(26)16-9-19-15-8-13(22(24)25)4-5-14(15)20-16/h4-5,8-9,12H,6-7,10-11H2,1-3H3/t12-,28+/m1/s1. The average molecular weight is 406 g/mol. The molecule has 0 spiro atoms. The van der Waals surface area contributed by atoms with E-state index in [0.717, 1.165) is 6.42 Å². The molecule has 2 atom stereocenters. The first-order chi connectivity index (χ1) is 13.1. The number of nitrogens with zero attached hydrogens (tertiary/aromatic N) is 4. The van der Waals surface area contributed by atoms with Gasteiger partial charge in [-0.3, -0.25) is 19.3 Å². The highest BCUT2D eigenvalue weighted by Crippen LogP contribution is 2.23. The second-order valence-corrected chi connectivity index (χ2v) is 9.17. The second-order valence-electron chi connectivity index (χ2n) is 7.73. The maximum atomic E-state index is 12.7. The van der Waals surface area contributed by atoms with Crippen LogP contribution in [0, 0.1) is 16.0 Å². The smallest absolute Gasteiger partial charge is 0.410 e. The Labute approximate surface area is 164 Å². The van der Waals surface area contributed by atoms with Crippen LogP contribution in [-0.2, 0) is 15.5 Å². The zero-order chi connectivity index (χ0) is 20.5. The van der Waals surface area contributed by atoms with E-state index in [1.54, 1.807) is 4.90 Å². The summed E-state index contributed by atoms with van der Waals surface area (Å²) in [5.41, 5.74) is 0.224. The van der Waals surface area contributed by atoms with E-state index in [4.69, 9.17) is 4.74 Å². The molecule has 1 amide bonds. The molecule has 150 valence electrons. The summed E-state index contributed by atoms with van der Waals surface area (Å²) in [7, 11) is -1.38. The molecule has 0 unspecified atom stereocenters. The molecule has 1 fully saturated rings. The van der Waals surface area contributed by atoms with Gasteiger partial charge >= 0.3 is 6.09 Å². The van der Waals surface area contributed by atoms with Gasteiger partial charge in [-0.25, -0.2) is 9.78 Å². The summed E-state index contributed by atoms with van der Waals surface area (Å²) in [6.07, 6.45) is 1.79. The number of fused-ring (bicyclic) bond motifs is 1. The van der Waals surface area contributed by atoms with Crippen LogP contribution in [-0.4, -0.2) is 54.5 Å². The van der Waals surface area contributed by atoms with Crippen molar-refractivity contribution in [3.63, 3.8) is 0 Å². The number of carbonyl (C=O) groups is 1. The van der Waals surface area contributed by atoms with Gasteiger partial charge in [0, 0.05) is 31.0 Å². The van der Waals surface area contributed by atoms with Crippen molar-refractivity contribution in [2.75, 3.05) is 18.8 Å². The summed E-state index contributed by atoms with van der Waals surface area (Å²) in [5.74, 6) is 0.453. The van der Waals surface area contributed by atoms with Gasteiger partial charge in [-0.2, -0.15) is 0 Å². The highest BCUT2D eigenvalue weighted by atomic mass is 32.2. The average Bonchev–Trinajstić information content (AvgIpc) is 3.08. The molecule has 2 heterocycles. The van der Waals surface area contributed by atoms with Gasteiger partial charge in [0.05, 0.1) is 33.0 Å². The Morgan fingerprint density at radius 1 is 1.39 bits per heavy atom. The minimum absolute atomic E-state index is 0.0659. The normalized spacial score (nSPS) is 18.2. The van der Waals surface area contributed by atoms with Crippen molar-refractivity contribution >= 4 is 33.6 Å². The van der Waals surface area contributed by atoms with E-state index >= 15 is 0 Å². The van der Waals surface area contributed by atoms with Crippen molar-refractivity contribution in [3.05, 3.63) is 34.5 Å². The van der Waals surface area contributed by atoms with Gasteiger partial charge in [0.25, 0.3) is 5.69 Å². The van der Waals surface area contributed by atoms with Gasteiger partial charge in [-0.15, -0.1) is 0 Å². The van der Waals surface area contributed by atoms with E-state index in [9.17, 15) is 19.1 Å². The van der Waals surface area contributed by atoms with Gasteiger partial charge in [0.15, 0.2) is 0 Å². The van der Waals surface area contributed by atoms with E-state index in [1.807, 2.05) is 20.8 Å². The highest BCUT2D eigenvalue weighted by Gasteiger charge is 2.31. The third-order valence-corrected chi connectivity index (χ3v) is 5.71. The van der Waals surface area contributed by atoms with Crippen LogP contribution in [0.4, 0.5) is 10.5 Å². The Balaban J connectivity index is 1.64. The summed E-state index contributed by atoms with van der Waals surface area (Å²) in [4.78, 5) is 32.6. The largest absolute Gasteiger partial charge is 0.444 e. The predicted molar refractivity (Wildman–Crippen MR) is 103 cm³/mol. The molecule has 1 aromatic carbocycles. The molecule has 2 aromatic rings. The molecule has 1 aliphatic heterocycles. The lowest BCUT2D eigenvalue weighted by Gasteiger charge is -2.24. The lowest BCUT2D eigenvalue weighted by Crippen LogP contribution is -2.35. The molecule has 1 aliphatic rings. The Morgan fingerprint density at radius 3 is 2.82 bits per heavy atom. The van der Waals surface area contributed by atoms with Crippen LogP contribution in [0.2, 0.25) is 0 Å². The summed E-state index contributed by atoms with van der Waals surface area (Å²) in [6, 6.07) is 4.19. The lowest BCUT2D eigenvalue weighted by molar-refractivity contribution is -0.384. The predicted octanol–water partition coefficient (Wildman–Crippen LogP) is 2.90. The number of hydrogen-bond acceptors (Lipinski definition) is 7. The summed E-state index contributed by atoms with van der Waals surface area (Å²) < 4.78 is 18.1. The zero-order valence-electron chi connectivity index (χ0n) is 16.0. The molecule has 28 heavy (non-hydrogen) atoms. The van der Waals surface area contributed by atoms with Crippen molar-refractivity contribution in [3.8, 4) is 0 Å². The molecular weight excluding hydrogens is 384 g/mol. The maximum absolute atomic E-state index is 12.7. The number of carbonyl (C=O) groups excluding carboxylic acids is 1. The van der Waals surface area contributed by atoms with Crippen molar-refractivity contribution in [1.29, 1.82) is 0 Å². The fraction of sp³-hybridized carbons (Fsp3) is 0.500. The second kappa shape index (κ2) is 7.78. The van der Waals surface area contributed by atoms with Crippen molar-refractivity contribution in [2.45, 2.75) is 37.8 Å². The number of amides is 1. The number of rotatable bonds is 4. The molecule has 1 saturated heterocycles. The van der Waals surface area contributed by atoms with Crippen molar-refractivity contribution < 1.29 is 18.7 Å². The van der Waals surface area contributed by atoms with Gasteiger partial charge in [0.1, 0.15) is 10.6 Å². The fourth-order valence-electron chi connectivity index (χ4n) is 2.97. The minimum Gasteiger partial charge on any atom is -0.444 e. The molecule has 0 bridgehead atoms. The number of ether oxygens (including phenoxy) is 1. The zero-order valence-corrected chi connectivity index (χ0v) is 16.8. The molecule has 3 rings (SSSR count). The van der Waals surface area contributed by atoms with E-state index in [0.29, 0.717) is 34.9 Å². The van der Waals surface area contributed by atoms with E-state index in [-0.39, 0.29) is 17.7 Å². The fourth-order valence-corrected chi connectivity index (χ4v) is 4.21. The minimum atomic E-state index is -1.38. The monoisotopic (exact) mass is 406 g/mol. The lowest BCUT2D eigenvalue weighted by atomic mass is 10.2. The molecule has 0 N–H and O–H groups in total. The van der Waals surface area contributed by atoms with Crippen LogP contribution < -0.4 is 0 Å². The number of hydrogen-bond donors (Lipinski definition) is 0. The number of benzene rings is 1. The molecule has 9 nitrogen and oxygen atoms in total. The Bertz CT molecular complexity index is 943. The number of aromatic nitrogens is 2. The van der Waals surface area contributed by atoms with Gasteiger partial charge in [-0.05, 0) is 39.2 Å². The first-order valence-corrected chi connectivity index (χ1v) is 10.2. The number of likely N-dealkylation sites (tertiary alicyclic amines) is 1. The first-order valence-electron chi connectivity index (χ1n) is 8.90. The third kappa shape index (κ3) is 4.80. The topological polar surface area (TPSA) is 116 Å². The van der Waals surface area contributed by atoms with Gasteiger partial charge in [0.2, 0.25) is 0 Å². The SMILES string of the molecule is CC(C)(C)OC(=O)N1CC[C@@H](C[S@](=O)c2cnc3cc([N+](=O)[O-])ccc3n2)C1. The number of nitro groups is 1. The Kier molecular flexibility index (Phi) is 5.59. The van der Waals surface area contributed by atoms with Crippen molar-refractivity contribution in [2.24, 2.45) is 5.92 Å². The van der Waals surface area contributed by atoms with E-state index < -0.39 is 21.3 Å². The molecule has 0 aliphatic carbocycles. The summed E-state index contributed by atoms with van der Waals surface area (Å²) >= 11 is 0. The van der Waals surface area contributed by atoms with Crippen LogP contribution in [0.5, 0.6) is 0 Å². The molecular formula is C18H22N4O5S. The molecule has 0 radical (unpaired) electrons. The van der Waals surface area contributed by atoms with E-state index in [1.165, 1.54) is 24.4 Å². The molecule has 0 saturated carbocycles. The van der Waals surface area contributed by atoms with Crippen LogP contribution in [0.3, 0.4) is 0 Å². The number of non-ortho nitro benzene ring substituents is 1. The van der Waals surface area contributed by atoms with Crippen molar-refractivity contribution in [1.82, 2.24) is 14.9 Å². The van der Waals surface area contributed by atoms with Crippen LogP contribution in [0.25, 0.3) is 11.0 Å². The van der Waals surface area contributed by atoms with Crippen LogP contribution in [0.1, 0.15) is 27.2 Å². The Morgan fingerprint density at radius 2 is 2.14 bits per heavy atom. The summed E-state index contributed by atoms with van der Waals surface area (Å²) in [6.45, 7) is 6.53. The van der Waals surface area contributed by atoms with Crippen LogP contribution >= 0.6 is 0 Å². The summed E-state index contributed by atoms with van der Waals surface area (Å²) in [5, 5.41) is 11.2. The number of nitro benzene ring substituents is 1. The van der Waals surface area contributed by atoms with Crippen LogP contribution in [0.15, 0.2) is 29.4 Å². The van der Waals surface area contributed by atoms with Gasteiger partial charge in [-0.1, -0.05) is 0 Å². The van der Waals surface area contributed by atoms with Gasteiger partial charge < -0.3 is 9.64 Å². The molecule has 1 aromatic heterocycles. The highest BCUT2D eigenvalue weighted by molar-refractivity contribution is 7.84. The quantitative estimate of drug-likeness (QED) is 0.566.